The SMILES string of the molecule is Cc1csc(CC(CNC2CC2)c2cccc(F)c2)n1. The molecular weight excluding hydrogens is 271 g/mol. The monoisotopic (exact) mass is 290 g/mol. The van der Waals surface area contributed by atoms with Crippen molar-refractivity contribution in [1.29, 1.82) is 0 Å². The number of aromatic nitrogens is 1. The molecule has 20 heavy (non-hydrogen) atoms. The van der Waals surface area contributed by atoms with Gasteiger partial charge in [0.05, 0.1) is 5.01 Å². The summed E-state index contributed by atoms with van der Waals surface area (Å²) in [5.41, 5.74) is 2.13. The van der Waals surface area contributed by atoms with E-state index >= 15 is 0 Å². The van der Waals surface area contributed by atoms with E-state index < -0.39 is 0 Å². The fourth-order valence-electron chi connectivity index (χ4n) is 2.37. The van der Waals surface area contributed by atoms with Gasteiger partial charge < -0.3 is 5.32 Å². The summed E-state index contributed by atoms with van der Waals surface area (Å²) in [6, 6.07) is 7.64. The number of halogens is 1. The first-order chi connectivity index (χ1) is 9.70. The standard InChI is InChI=1S/C16H19FN2S/c1-11-10-20-16(19-11)8-13(9-18-15-5-6-15)12-3-2-4-14(17)7-12/h2-4,7,10,13,15,18H,5-6,8-9H2,1H3. The normalized spacial score (nSPS) is 16.3. The molecule has 1 N–H and O–H groups in total. The highest BCUT2D eigenvalue weighted by Crippen LogP contribution is 2.25. The van der Waals surface area contributed by atoms with Crippen molar-refractivity contribution in [3.63, 3.8) is 0 Å². The Balaban J connectivity index is 1.74. The maximum absolute atomic E-state index is 13.4. The summed E-state index contributed by atoms with van der Waals surface area (Å²) in [6.45, 7) is 2.91. The lowest BCUT2D eigenvalue weighted by molar-refractivity contribution is 0.568. The minimum Gasteiger partial charge on any atom is -0.313 e. The minimum absolute atomic E-state index is 0.158. The van der Waals surface area contributed by atoms with E-state index in [1.807, 2.05) is 13.0 Å². The third-order valence-corrected chi connectivity index (χ3v) is 4.63. The molecule has 106 valence electrons. The zero-order valence-electron chi connectivity index (χ0n) is 11.6. The molecule has 0 spiro atoms. The van der Waals surface area contributed by atoms with Crippen LogP contribution in [0.25, 0.3) is 0 Å². The van der Waals surface area contributed by atoms with Crippen molar-refractivity contribution in [1.82, 2.24) is 10.3 Å². The van der Waals surface area contributed by atoms with Crippen molar-refractivity contribution in [3.8, 4) is 0 Å². The molecule has 0 aliphatic heterocycles. The number of aryl methyl sites for hydroxylation is 1. The first kappa shape index (κ1) is 13.7. The maximum atomic E-state index is 13.4. The number of benzene rings is 1. The van der Waals surface area contributed by atoms with E-state index in [0.29, 0.717) is 6.04 Å². The summed E-state index contributed by atoms with van der Waals surface area (Å²) in [5.74, 6) is 0.131. The number of nitrogens with zero attached hydrogens (tertiary/aromatic N) is 1. The van der Waals surface area contributed by atoms with E-state index in [-0.39, 0.29) is 11.7 Å². The summed E-state index contributed by atoms with van der Waals surface area (Å²) < 4.78 is 13.4. The number of hydrogen-bond acceptors (Lipinski definition) is 3. The Hall–Kier alpha value is -1.26. The van der Waals surface area contributed by atoms with Gasteiger partial charge in [0.2, 0.25) is 0 Å². The summed E-state index contributed by atoms with van der Waals surface area (Å²) in [7, 11) is 0. The van der Waals surface area contributed by atoms with Crippen molar-refractivity contribution in [3.05, 3.63) is 51.7 Å². The summed E-state index contributed by atoms with van der Waals surface area (Å²) in [6.07, 6.45) is 3.42. The molecule has 1 fully saturated rings. The van der Waals surface area contributed by atoms with Crippen molar-refractivity contribution in [2.45, 2.75) is 38.1 Å². The van der Waals surface area contributed by atoms with Gasteiger partial charge in [-0.2, -0.15) is 0 Å². The second kappa shape index (κ2) is 6.02. The van der Waals surface area contributed by atoms with Gasteiger partial charge in [0.15, 0.2) is 0 Å². The van der Waals surface area contributed by atoms with Crippen LogP contribution in [0.3, 0.4) is 0 Å². The van der Waals surface area contributed by atoms with Crippen LogP contribution in [0.4, 0.5) is 4.39 Å². The van der Waals surface area contributed by atoms with Gasteiger partial charge in [-0.05, 0) is 37.5 Å². The van der Waals surface area contributed by atoms with Crippen LogP contribution >= 0.6 is 11.3 Å². The highest BCUT2D eigenvalue weighted by molar-refractivity contribution is 7.09. The molecule has 1 heterocycles. The van der Waals surface area contributed by atoms with Crippen LogP contribution in [0.1, 0.15) is 35.0 Å². The highest BCUT2D eigenvalue weighted by Gasteiger charge is 2.23. The van der Waals surface area contributed by atoms with Gasteiger partial charge in [0.1, 0.15) is 5.82 Å². The summed E-state index contributed by atoms with van der Waals surface area (Å²) in [4.78, 5) is 4.54. The second-order valence-electron chi connectivity index (χ2n) is 5.52. The average molecular weight is 290 g/mol. The molecule has 0 amide bonds. The largest absolute Gasteiger partial charge is 0.313 e. The van der Waals surface area contributed by atoms with Gasteiger partial charge in [-0.15, -0.1) is 11.3 Å². The van der Waals surface area contributed by atoms with Crippen molar-refractivity contribution < 1.29 is 4.39 Å². The molecule has 1 atom stereocenters. The molecule has 0 saturated heterocycles. The van der Waals surface area contributed by atoms with Gasteiger partial charge in [-0.25, -0.2) is 9.37 Å². The molecule has 0 radical (unpaired) electrons. The van der Waals surface area contributed by atoms with E-state index in [4.69, 9.17) is 0 Å². The number of thiazole rings is 1. The van der Waals surface area contributed by atoms with Gasteiger partial charge in [0.25, 0.3) is 0 Å². The van der Waals surface area contributed by atoms with E-state index in [1.165, 1.54) is 18.9 Å². The van der Waals surface area contributed by atoms with E-state index in [1.54, 1.807) is 23.5 Å². The van der Waals surface area contributed by atoms with Crippen LogP contribution in [0, 0.1) is 12.7 Å². The molecule has 1 aromatic heterocycles. The average Bonchev–Trinajstić information content (AvgIpc) is 3.17. The fraction of sp³-hybridized carbons (Fsp3) is 0.438. The van der Waals surface area contributed by atoms with E-state index in [2.05, 4.69) is 15.7 Å². The zero-order valence-corrected chi connectivity index (χ0v) is 12.4. The number of hydrogen-bond donors (Lipinski definition) is 1. The predicted octanol–water partition coefficient (Wildman–Crippen LogP) is 3.67. The van der Waals surface area contributed by atoms with Gasteiger partial charge >= 0.3 is 0 Å². The number of nitrogens with one attached hydrogen (secondary N) is 1. The molecule has 3 rings (SSSR count). The molecule has 0 bridgehead atoms. The maximum Gasteiger partial charge on any atom is 0.123 e. The Morgan fingerprint density at radius 1 is 1.45 bits per heavy atom. The smallest absolute Gasteiger partial charge is 0.123 e. The molecule has 2 nitrogen and oxygen atoms in total. The van der Waals surface area contributed by atoms with Crippen LogP contribution in [0.15, 0.2) is 29.6 Å². The molecule has 1 aliphatic rings. The molecular formula is C16H19FN2S. The molecule has 1 aromatic carbocycles. The topological polar surface area (TPSA) is 24.9 Å². The number of rotatable bonds is 6. The van der Waals surface area contributed by atoms with Gasteiger partial charge in [0, 0.05) is 36.0 Å². The van der Waals surface area contributed by atoms with Crippen LogP contribution in [-0.2, 0) is 6.42 Å². The first-order valence-corrected chi connectivity index (χ1v) is 7.98. The Kier molecular flexibility index (Phi) is 4.13. The van der Waals surface area contributed by atoms with Gasteiger partial charge in [-0.1, -0.05) is 12.1 Å². The highest BCUT2D eigenvalue weighted by atomic mass is 32.1. The predicted molar refractivity (Wildman–Crippen MR) is 80.7 cm³/mol. The third-order valence-electron chi connectivity index (χ3n) is 3.64. The summed E-state index contributed by atoms with van der Waals surface area (Å²) in [5, 5.41) is 6.77. The Labute approximate surface area is 123 Å². The van der Waals surface area contributed by atoms with Crippen molar-refractivity contribution in [2.24, 2.45) is 0 Å². The van der Waals surface area contributed by atoms with Crippen LogP contribution in [0.5, 0.6) is 0 Å². The fourth-order valence-corrected chi connectivity index (χ4v) is 3.23. The molecule has 1 aliphatic carbocycles. The lowest BCUT2D eigenvalue weighted by Crippen LogP contribution is -2.24. The Morgan fingerprint density at radius 3 is 2.95 bits per heavy atom. The molecule has 2 aromatic rings. The Morgan fingerprint density at radius 2 is 2.30 bits per heavy atom. The lowest BCUT2D eigenvalue weighted by Gasteiger charge is -2.17. The quantitative estimate of drug-likeness (QED) is 0.878. The van der Waals surface area contributed by atoms with Crippen molar-refractivity contribution >= 4 is 11.3 Å². The molecule has 4 heteroatoms. The van der Waals surface area contributed by atoms with Crippen molar-refractivity contribution in [2.75, 3.05) is 6.54 Å². The summed E-state index contributed by atoms with van der Waals surface area (Å²) >= 11 is 1.69. The minimum atomic E-state index is -0.158. The lowest BCUT2D eigenvalue weighted by atomic mass is 9.95. The molecule has 1 saturated carbocycles. The van der Waals surface area contributed by atoms with Gasteiger partial charge in [-0.3, -0.25) is 0 Å². The van der Waals surface area contributed by atoms with Crippen LogP contribution in [-0.4, -0.2) is 17.6 Å². The van der Waals surface area contributed by atoms with E-state index in [9.17, 15) is 4.39 Å². The first-order valence-electron chi connectivity index (χ1n) is 7.10. The third kappa shape index (κ3) is 3.64. The zero-order chi connectivity index (χ0) is 13.9. The molecule has 1 unspecified atom stereocenters. The van der Waals surface area contributed by atoms with Crippen LogP contribution < -0.4 is 5.32 Å². The second-order valence-corrected chi connectivity index (χ2v) is 6.46. The van der Waals surface area contributed by atoms with E-state index in [0.717, 1.165) is 29.2 Å². The Bertz CT molecular complexity index is 577. The van der Waals surface area contributed by atoms with Crippen LogP contribution in [0.2, 0.25) is 0 Å².